The van der Waals surface area contributed by atoms with Gasteiger partial charge < -0.3 is 19.1 Å². The van der Waals surface area contributed by atoms with Crippen molar-refractivity contribution in [3.8, 4) is 11.4 Å². The Morgan fingerprint density at radius 3 is 2.55 bits per heavy atom. The molecule has 2 aliphatic rings. The molecular formula is C22H28Cl2N6O. The maximum Gasteiger partial charge on any atom is 0.165 e. The monoisotopic (exact) mass is 462 g/mol. The summed E-state index contributed by atoms with van der Waals surface area (Å²) in [4.78, 5) is 19.0. The number of halogens is 2. The van der Waals surface area contributed by atoms with E-state index in [2.05, 4.69) is 31.4 Å². The largest absolute Gasteiger partial charge is 0.381 e. The summed E-state index contributed by atoms with van der Waals surface area (Å²) in [5.41, 5.74) is 2.69. The van der Waals surface area contributed by atoms with Crippen molar-refractivity contribution in [2.45, 2.75) is 19.4 Å². The molecule has 7 nitrogen and oxygen atoms in total. The number of hydrogen-bond donors (Lipinski definition) is 0. The maximum atomic E-state index is 6.58. The van der Waals surface area contributed by atoms with Crippen LogP contribution >= 0.6 is 24.0 Å². The summed E-state index contributed by atoms with van der Waals surface area (Å²) in [6.45, 7) is 6.42. The average Bonchev–Trinajstić information content (AvgIpc) is 3.14. The molecule has 0 spiro atoms. The first-order valence-electron chi connectivity index (χ1n) is 10.7. The third-order valence-corrected chi connectivity index (χ3v) is 6.54. The molecule has 2 saturated heterocycles. The van der Waals surface area contributed by atoms with E-state index in [1.165, 1.54) is 0 Å². The Hall–Kier alpha value is -1.93. The number of piperazine rings is 1. The number of hydrogen-bond acceptors (Lipinski definition) is 6. The lowest BCUT2D eigenvalue weighted by Gasteiger charge is -2.33. The highest BCUT2D eigenvalue weighted by molar-refractivity contribution is 6.33. The van der Waals surface area contributed by atoms with E-state index in [9.17, 15) is 0 Å². The molecule has 166 valence electrons. The summed E-state index contributed by atoms with van der Waals surface area (Å²) in [5.74, 6) is 2.34. The van der Waals surface area contributed by atoms with Gasteiger partial charge in [-0.1, -0.05) is 23.7 Å². The van der Waals surface area contributed by atoms with Gasteiger partial charge in [0.2, 0.25) is 0 Å². The molecule has 1 aromatic carbocycles. The van der Waals surface area contributed by atoms with Crippen LogP contribution < -0.4 is 4.90 Å². The number of rotatable bonds is 4. The zero-order valence-corrected chi connectivity index (χ0v) is 19.3. The summed E-state index contributed by atoms with van der Waals surface area (Å²) in [5, 5.41) is 0.704. The van der Waals surface area contributed by atoms with Gasteiger partial charge in [0.1, 0.15) is 12.2 Å². The SMILES string of the molecule is CN1CCN(c2ncnc3c2nc(-c2ccccc2Cl)n3CC2CCOCC2)CC1.Cl. The molecule has 0 aliphatic carbocycles. The molecule has 0 radical (unpaired) electrons. The van der Waals surface area contributed by atoms with E-state index in [0.717, 1.165) is 87.1 Å². The van der Waals surface area contributed by atoms with Crippen LogP contribution in [0, 0.1) is 5.92 Å². The van der Waals surface area contributed by atoms with E-state index >= 15 is 0 Å². The van der Waals surface area contributed by atoms with Crippen LogP contribution in [0.3, 0.4) is 0 Å². The van der Waals surface area contributed by atoms with Crippen LogP contribution in [0.25, 0.3) is 22.6 Å². The molecule has 0 saturated carbocycles. The van der Waals surface area contributed by atoms with Crippen molar-refractivity contribution in [1.29, 1.82) is 0 Å². The quantitative estimate of drug-likeness (QED) is 0.588. The highest BCUT2D eigenvalue weighted by atomic mass is 35.5. The molecule has 4 heterocycles. The van der Waals surface area contributed by atoms with Gasteiger partial charge in [-0.2, -0.15) is 0 Å². The zero-order chi connectivity index (χ0) is 20.5. The minimum Gasteiger partial charge on any atom is -0.381 e. The van der Waals surface area contributed by atoms with Gasteiger partial charge in [-0.05, 0) is 37.9 Å². The number of likely N-dealkylation sites (N-methyl/N-ethyl adjacent to an activating group) is 1. The smallest absolute Gasteiger partial charge is 0.165 e. The molecule has 0 atom stereocenters. The van der Waals surface area contributed by atoms with Gasteiger partial charge >= 0.3 is 0 Å². The lowest BCUT2D eigenvalue weighted by molar-refractivity contribution is 0.0617. The maximum absolute atomic E-state index is 6.58. The second kappa shape index (κ2) is 9.69. The molecule has 0 unspecified atom stereocenters. The van der Waals surface area contributed by atoms with Crippen LogP contribution in [0.5, 0.6) is 0 Å². The number of nitrogens with zero attached hydrogens (tertiary/aromatic N) is 6. The van der Waals surface area contributed by atoms with Crippen molar-refractivity contribution in [3.63, 3.8) is 0 Å². The summed E-state index contributed by atoms with van der Waals surface area (Å²) < 4.78 is 7.81. The molecule has 0 N–H and O–H groups in total. The molecule has 5 rings (SSSR count). The third kappa shape index (κ3) is 4.51. The second-order valence-corrected chi connectivity index (χ2v) is 8.65. The van der Waals surface area contributed by atoms with Gasteiger partial charge in [-0.15, -0.1) is 12.4 Å². The summed E-state index contributed by atoms with van der Waals surface area (Å²) in [6, 6.07) is 7.91. The topological polar surface area (TPSA) is 59.3 Å². The van der Waals surface area contributed by atoms with Gasteiger partial charge in [0.15, 0.2) is 17.0 Å². The fourth-order valence-electron chi connectivity index (χ4n) is 4.38. The van der Waals surface area contributed by atoms with Crippen molar-refractivity contribution in [2.24, 2.45) is 5.92 Å². The first kappa shape index (κ1) is 22.3. The highest BCUT2D eigenvalue weighted by Crippen LogP contribution is 2.34. The summed E-state index contributed by atoms with van der Waals surface area (Å²) in [6.07, 6.45) is 3.78. The molecular weight excluding hydrogens is 435 g/mol. The molecule has 2 aliphatic heterocycles. The summed E-state index contributed by atoms with van der Waals surface area (Å²) >= 11 is 6.58. The second-order valence-electron chi connectivity index (χ2n) is 8.24. The van der Waals surface area contributed by atoms with Gasteiger partial charge in [0.25, 0.3) is 0 Å². The van der Waals surface area contributed by atoms with Crippen molar-refractivity contribution in [2.75, 3.05) is 51.3 Å². The average molecular weight is 463 g/mol. The van der Waals surface area contributed by atoms with Gasteiger partial charge in [-0.3, -0.25) is 0 Å². The van der Waals surface area contributed by atoms with Crippen LogP contribution in [0.1, 0.15) is 12.8 Å². The van der Waals surface area contributed by atoms with E-state index in [0.29, 0.717) is 10.9 Å². The molecule has 2 fully saturated rings. The predicted molar refractivity (Wildman–Crippen MR) is 126 cm³/mol. The highest BCUT2D eigenvalue weighted by Gasteiger charge is 2.25. The number of imidazole rings is 1. The lowest BCUT2D eigenvalue weighted by Crippen LogP contribution is -2.44. The fraction of sp³-hybridized carbons (Fsp3) is 0.500. The molecule has 9 heteroatoms. The van der Waals surface area contributed by atoms with Gasteiger partial charge in [-0.25, -0.2) is 15.0 Å². The van der Waals surface area contributed by atoms with Crippen LogP contribution in [0.4, 0.5) is 5.82 Å². The van der Waals surface area contributed by atoms with E-state index in [4.69, 9.17) is 21.3 Å². The molecule has 3 aromatic rings. The predicted octanol–water partition coefficient (Wildman–Crippen LogP) is 3.75. The molecule has 0 amide bonds. The number of anilines is 1. The number of aromatic nitrogens is 4. The Bertz CT molecular complexity index is 1030. The van der Waals surface area contributed by atoms with Crippen molar-refractivity contribution in [1.82, 2.24) is 24.4 Å². The zero-order valence-electron chi connectivity index (χ0n) is 17.7. The normalized spacial score (nSPS) is 18.3. The lowest BCUT2D eigenvalue weighted by atomic mass is 10.0. The van der Waals surface area contributed by atoms with E-state index in [1.807, 2.05) is 24.3 Å². The van der Waals surface area contributed by atoms with E-state index < -0.39 is 0 Å². The Kier molecular flexibility index (Phi) is 6.96. The fourth-order valence-corrected chi connectivity index (χ4v) is 4.60. The minimum absolute atomic E-state index is 0. The van der Waals surface area contributed by atoms with Crippen LogP contribution in [-0.2, 0) is 11.3 Å². The minimum atomic E-state index is 0. The van der Waals surface area contributed by atoms with Crippen molar-refractivity contribution in [3.05, 3.63) is 35.6 Å². The van der Waals surface area contributed by atoms with Gasteiger partial charge in [0, 0.05) is 51.5 Å². The third-order valence-electron chi connectivity index (χ3n) is 6.21. The van der Waals surface area contributed by atoms with E-state index in [1.54, 1.807) is 6.33 Å². The number of ether oxygens (including phenoxy) is 1. The van der Waals surface area contributed by atoms with Crippen molar-refractivity contribution < 1.29 is 4.74 Å². The Balaban J connectivity index is 0.00000231. The molecule has 31 heavy (non-hydrogen) atoms. The standard InChI is InChI=1S/C22H27ClN6O.ClH/c1-27-8-10-28(11-9-27)21-19-22(25-15-24-21)29(14-16-6-12-30-13-7-16)20(26-19)17-4-2-3-5-18(17)23;/h2-5,15-16H,6-14H2,1H3;1H. The van der Waals surface area contributed by atoms with Crippen LogP contribution in [-0.4, -0.2) is 70.9 Å². The molecule has 0 bridgehead atoms. The number of benzene rings is 1. The first-order chi connectivity index (χ1) is 14.7. The Morgan fingerprint density at radius 2 is 1.81 bits per heavy atom. The van der Waals surface area contributed by atoms with Gasteiger partial charge in [0.05, 0.1) is 5.02 Å². The molecule has 2 aromatic heterocycles. The number of fused-ring (bicyclic) bond motifs is 1. The van der Waals surface area contributed by atoms with Crippen LogP contribution in [0.2, 0.25) is 5.02 Å². The summed E-state index contributed by atoms with van der Waals surface area (Å²) in [7, 11) is 2.16. The van der Waals surface area contributed by atoms with E-state index in [-0.39, 0.29) is 12.4 Å². The Labute approximate surface area is 193 Å². The Morgan fingerprint density at radius 1 is 1.06 bits per heavy atom. The first-order valence-corrected chi connectivity index (χ1v) is 11.1. The van der Waals surface area contributed by atoms with Crippen LogP contribution in [0.15, 0.2) is 30.6 Å². The van der Waals surface area contributed by atoms with Crippen molar-refractivity contribution >= 4 is 41.0 Å².